The minimum Gasteiger partial charge on any atom is -0.449 e. The number of benzene rings is 1. The summed E-state index contributed by atoms with van der Waals surface area (Å²) in [6.45, 7) is 4.68. The quantitative estimate of drug-likeness (QED) is 0.648. The van der Waals surface area contributed by atoms with Gasteiger partial charge in [0.25, 0.3) is 11.9 Å². The maximum Gasteiger partial charge on any atom is 0.409 e. The van der Waals surface area contributed by atoms with E-state index in [0.717, 1.165) is 18.8 Å². The van der Waals surface area contributed by atoms with E-state index in [-0.39, 0.29) is 17.8 Å². The molecule has 160 valence electrons. The van der Waals surface area contributed by atoms with Crippen LogP contribution in [0.3, 0.4) is 0 Å². The lowest BCUT2D eigenvalue weighted by Crippen LogP contribution is -2.50. The van der Waals surface area contributed by atoms with Crippen LogP contribution in [0.5, 0.6) is 0 Å². The van der Waals surface area contributed by atoms with Gasteiger partial charge < -0.3 is 35.3 Å². The number of halogens is 1. The van der Waals surface area contributed by atoms with Crippen LogP contribution >= 0.6 is 11.6 Å². The summed E-state index contributed by atoms with van der Waals surface area (Å²) in [5.74, 6) is -0.0460. The first-order valence-electron chi connectivity index (χ1n) is 9.69. The summed E-state index contributed by atoms with van der Waals surface area (Å²) >= 11 is 6.24. The van der Waals surface area contributed by atoms with Crippen molar-refractivity contribution in [1.29, 1.82) is 0 Å². The molecule has 4 rings (SSSR count). The fourth-order valence-electron chi connectivity index (χ4n) is 3.28. The zero-order valence-corrected chi connectivity index (χ0v) is 17.0. The van der Waals surface area contributed by atoms with Crippen molar-refractivity contribution in [3.05, 3.63) is 35.2 Å². The first-order chi connectivity index (χ1) is 14.5. The Balaban J connectivity index is 1.33. The molecule has 2 amide bonds. The number of anilines is 3. The number of nitrogens with two attached hydrogens (primary N) is 1. The second kappa shape index (κ2) is 8.80. The van der Waals surface area contributed by atoms with Crippen molar-refractivity contribution >= 4 is 41.0 Å². The van der Waals surface area contributed by atoms with E-state index < -0.39 is 5.91 Å². The van der Waals surface area contributed by atoms with E-state index in [1.165, 1.54) is 6.26 Å². The highest BCUT2D eigenvalue weighted by Crippen LogP contribution is 2.29. The van der Waals surface area contributed by atoms with Crippen LogP contribution in [-0.2, 0) is 4.74 Å². The molecule has 0 spiro atoms. The number of nitrogens with zero attached hydrogens (tertiary/aromatic N) is 3. The van der Waals surface area contributed by atoms with Gasteiger partial charge in [-0.05, 0) is 18.2 Å². The van der Waals surface area contributed by atoms with Crippen LogP contribution < -0.4 is 21.3 Å². The first-order valence-corrected chi connectivity index (χ1v) is 10.1. The molecule has 3 heterocycles. The predicted molar refractivity (Wildman–Crippen MR) is 112 cm³/mol. The lowest BCUT2D eigenvalue weighted by atomic mass is 10.1. The van der Waals surface area contributed by atoms with E-state index in [9.17, 15) is 9.59 Å². The van der Waals surface area contributed by atoms with Gasteiger partial charge in [0.1, 0.15) is 6.26 Å². The number of ether oxygens (including phenoxy) is 1. The van der Waals surface area contributed by atoms with Crippen molar-refractivity contribution in [3.63, 3.8) is 0 Å². The molecular weight excluding hydrogens is 412 g/mol. The fourth-order valence-corrected chi connectivity index (χ4v) is 3.44. The highest BCUT2D eigenvalue weighted by molar-refractivity contribution is 6.34. The summed E-state index contributed by atoms with van der Waals surface area (Å²) in [7, 11) is 0. The Hall–Kier alpha value is -2.98. The van der Waals surface area contributed by atoms with Crippen molar-refractivity contribution in [2.45, 2.75) is 0 Å². The van der Waals surface area contributed by atoms with Crippen molar-refractivity contribution in [2.75, 3.05) is 61.8 Å². The molecule has 1 aromatic carbocycles. The van der Waals surface area contributed by atoms with Gasteiger partial charge in [-0.2, -0.15) is 4.98 Å². The van der Waals surface area contributed by atoms with E-state index in [1.807, 2.05) is 6.07 Å². The zero-order chi connectivity index (χ0) is 21.1. The molecule has 2 fully saturated rings. The number of piperazine rings is 1. The Labute approximate surface area is 178 Å². The Morgan fingerprint density at radius 3 is 2.70 bits per heavy atom. The highest BCUT2D eigenvalue weighted by atomic mass is 35.5. The second-order valence-corrected chi connectivity index (χ2v) is 7.67. The van der Waals surface area contributed by atoms with Gasteiger partial charge in [-0.15, -0.1) is 0 Å². The number of nitrogen functional groups attached to an aromatic ring is 1. The van der Waals surface area contributed by atoms with Crippen LogP contribution in [-0.4, -0.2) is 67.8 Å². The summed E-state index contributed by atoms with van der Waals surface area (Å²) in [5, 5.41) is 6.28. The molecule has 0 bridgehead atoms. The third-order valence-electron chi connectivity index (χ3n) is 5.16. The van der Waals surface area contributed by atoms with Crippen molar-refractivity contribution in [1.82, 2.24) is 15.2 Å². The zero-order valence-electron chi connectivity index (χ0n) is 16.3. The monoisotopic (exact) mass is 434 g/mol. The molecular formula is C19H23ClN6O4. The Morgan fingerprint density at radius 1 is 1.30 bits per heavy atom. The number of rotatable bonds is 5. The van der Waals surface area contributed by atoms with Crippen molar-refractivity contribution in [2.24, 2.45) is 5.92 Å². The van der Waals surface area contributed by atoms with Crippen LogP contribution in [0.15, 0.2) is 28.9 Å². The van der Waals surface area contributed by atoms with Gasteiger partial charge in [-0.25, -0.2) is 4.79 Å². The number of hydrogen-bond acceptors (Lipinski definition) is 8. The van der Waals surface area contributed by atoms with Crippen LogP contribution in [0.4, 0.5) is 22.2 Å². The van der Waals surface area contributed by atoms with E-state index in [2.05, 4.69) is 20.5 Å². The van der Waals surface area contributed by atoms with Crippen LogP contribution in [0.25, 0.3) is 0 Å². The molecule has 2 saturated heterocycles. The lowest BCUT2D eigenvalue weighted by Gasteiger charge is -2.36. The number of aromatic nitrogens is 1. The number of carbonyl (C=O) groups excluding carboxylic acids is 2. The van der Waals surface area contributed by atoms with Crippen LogP contribution in [0.1, 0.15) is 10.5 Å². The molecule has 2 aromatic rings. The van der Waals surface area contributed by atoms with Crippen molar-refractivity contribution < 1.29 is 18.7 Å². The maximum absolute atomic E-state index is 12.3. The molecule has 30 heavy (non-hydrogen) atoms. The SMILES string of the molecule is Nc1nc(C(=O)Nc2cc(N3CCN(C(=O)OCC4CNC4)CC3)ccc2Cl)co1. The minimum atomic E-state index is -0.469. The lowest BCUT2D eigenvalue weighted by molar-refractivity contribution is 0.0759. The molecule has 2 aliphatic heterocycles. The number of oxazole rings is 1. The van der Waals surface area contributed by atoms with E-state index in [1.54, 1.807) is 17.0 Å². The van der Waals surface area contributed by atoms with Gasteiger partial charge in [0.15, 0.2) is 5.69 Å². The molecule has 0 radical (unpaired) electrons. The van der Waals surface area contributed by atoms with E-state index in [0.29, 0.717) is 49.4 Å². The third-order valence-corrected chi connectivity index (χ3v) is 5.49. The molecule has 4 N–H and O–H groups in total. The molecule has 0 aliphatic carbocycles. The average Bonchev–Trinajstić information content (AvgIpc) is 3.15. The molecule has 0 atom stereocenters. The Kier molecular flexibility index (Phi) is 5.96. The normalized spacial score (nSPS) is 16.8. The number of carbonyl (C=O) groups is 2. The van der Waals surface area contributed by atoms with Crippen molar-refractivity contribution in [3.8, 4) is 0 Å². The van der Waals surface area contributed by atoms with Gasteiger partial charge in [-0.3, -0.25) is 4.79 Å². The minimum absolute atomic E-state index is 0.0683. The smallest absolute Gasteiger partial charge is 0.409 e. The Bertz CT molecular complexity index is 923. The van der Waals surface area contributed by atoms with E-state index in [4.69, 9.17) is 26.5 Å². The molecule has 10 nitrogen and oxygen atoms in total. The molecule has 2 aliphatic rings. The van der Waals surface area contributed by atoms with Gasteiger partial charge >= 0.3 is 6.09 Å². The van der Waals surface area contributed by atoms with Gasteiger partial charge in [0, 0.05) is 50.9 Å². The first kappa shape index (κ1) is 20.3. The standard InChI is InChI=1S/C19H23ClN6O4/c20-14-2-1-13(7-15(14)23-17(27)16-11-29-18(21)24-16)25-3-5-26(6-4-25)19(28)30-10-12-8-22-9-12/h1-2,7,11-12,22H,3-6,8-10H2,(H2,21,24)(H,23,27). The molecule has 0 saturated carbocycles. The van der Waals surface area contributed by atoms with Crippen LogP contribution in [0, 0.1) is 5.92 Å². The third kappa shape index (κ3) is 4.60. The van der Waals surface area contributed by atoms with Gasteiger partial charge in [-0.1, -0.05) is 11.6 Å². The maximum atomic E-state index is 12.3. The summed E-state index contributed by atoms with van der Waals surface area (Å²) in [5.41, 5.74) is 6.82. The highest BCUT2D eigenvalue weighted by Gasteiger charge is 2.25. The summed E-state index contributed by atoms with van der Waals surface area (Å²) in [6.07, 6.45) is 0.917. The molecule has 0 unspecified atom stereocenters. The number of nitrogens with one attached hydrogen (secondary N) is 2. The Morgan fingerprint density at radius 2 is 2.07 bits per heavy atom. The van der Waals surface area contributed by atoms with E-state index >= 15 is 0 Å². The molecule has 11 heteroatoms. The fraction of sp³-hybridized carbons (Fsp3) is 0.421. The van der Waals surface area contributed by atoms with Crippen LogP contribution in [0.2, 0.25) is 5.02 Å². The number of amides is 2. The predicted octanol–water partition coefficient (Wildman–Crippen LogP) is 1.64. The summed E-state index contributed by atoms with van der Waals surface area (Å²) in [4.78, 5) is 32.2. The second-order valence-electron chi connectivity index (χ2n) is 7.26. The average molecular weight is 435 g/mol. The summed E-state index contributed by atoms with van der Waals surface area (Å²) in [6, 6.07) is 5.31. The van der Waals surface area contributed by atoms with Gasteiger partial charge in [0.05, 0.1) is 17.3 Å². The van der Waals surface area contributed by atoms with Gasteiger partial charge in [0.2, 0.25) is 0 Å². The topological polar surface area (TPSA) is 126 Å². The molecule has 1 aromatic heterocycles. The summed E-state index contributed by atoms with van der Waals surface area (Å²) < 4.78 is 10.3. The number of hydrogen-bond donors (Lipinski definition) is 3. The largest absolute Gasteiger partial charge is 0.449 e.